The number of carbonyl (C=O) groups is 2. The molecule has 0 aliphatic rings. The van der Waals surface area contributed by atoms with Gasteiger partial charge < -0.3 is 5.11 Å². The first-order chi connectivity index (χ1) is 8.25. The summed E-state index contributed by atoms with van der Waals surface area (Å²) in [6.45, 7) is 9.96. The van der Waals surface area contributed by atoms with Gasteiger partial charge in [0.1, 0.15) is 12.0 Å². The number of hydrogen-bond acceptors (Lipinski definition) is 4. The normalized spacial score (nSPS) is 14.7. The predicted octanol–water partition coefficient (Wildman–Crippen LogP) is 0.875. The lowest BCUT2D eigenvalue weighted by atomic mass is 9.90. The van der Waals surface area contributed by atoms with E-state index in [9.17, 15) is 14.7 Å². The van der Waals surface area contributed by atoms with Crippen LogP contribution in [0.25, 0.3) is 0 Å². The molecule has 0 heterocycles. The molecule has 0 bridgehead atoms. The van der Waals surface area contributed by atoms with Crippen molar-refractivity contribution in [1.82, 2.24) is 10.9 Å². The largest absolute Gasteiger partial charge is 0.386 e. The average molecular weight is 258 g/mol. The van der Waals surface area contributed by atoms with E-state index in [0.717, 1.165) is 0 Å². The summed E-state index contributed by atoms with van der Waals surface area (Å²) in [6.07, 6.45) is -0.663. The van der Waals surface area contributed by atoms with E-state index in [1.807, 2.05) is 27.7 Å². The van der Waals surface area contributed by atoms with Crippen molar-refractivity contribution in [3.63, 3.8) is 0 Å². The number of carbonyl (C=O) groups excluding carboxylic acids is 2. The lowest BCUT2D eigenvalue weighted by Gasteiger charge is -2.19. The third-order valence-corrected chi connectivity index (χ3v) is 2.50. The molecule has 0 aromatic heterocycles. The Bertz CT molecular complexity index is 275. The molecule has 0 aliphatic heterocycles. The van der Waals surface area contributed by atoms with E-state index in [4.69, 9.17) is 0 Å². The number of aliphatic hydroxyl groups excluding tert-OH is 1. The van der Waals surface area contributed by atoms with Crippen LogP contribution in [0.15, 0.2) is 0 Å². The standard InChI is InChI=1S/C13H26N2O3/c1-8(2)6-11(12(17)10(5)16)13(18)15-14-7-9(3)4/h8-11,14,16H,6-7H2,1-5H3,(H,15,18). The number of rotatable bonds is 8. The van der Waals surface area contributed by atoms with Crippen LogP contribution < -0.4 is 10.9 Å². The number of hydrazine groups is 1. The molecule has 5 nitrogen and oxygen atoms in total. The lowest BCUT2D eigenvalue weighted by molar-refractivity contribution is -0.139. The summed E-state index contributed by atoms with van der Waals surface area (Å²) < 4.78 is 0. The number of ketones is 1. The third-order valence-electron chi connectivity index (χ3n) is 2.50. The van der Waals surface area contributed by atoms with Crippen molar-refractivity contribution in [2.75, 3.05) is 6.54 Å². The highest BCUT2D eigenvalue weighted by Gasteiger charge is 2.29. The maximum absolute atomic E-state index is 11.9. The van der Waals surface area contributed by atoms with Gasteiger partial charge in [-0.25, -0.2) is 5.43 Å². The van der Waals surface area contributed by atoms with Crippen LogP contribution in [0.2, 0.25) is 0 Å². The fourth-order valence-electron chi connectivity index (χ4n) is 1.54. The summed E-state index contributed by atoms with van der Waals surface area (Å²) in [6, 6.07) is 0. The van der Waals surface area contributed by atoms with Gasteiger partial charge in [-0.3, -0.25) is 15.0 Å². The number of amides is 1. The van der Waals surface area contributed by atoms with E-state index >= 15 is 0 Å². The molecule has 0 radical (unpaired) electrons. The maximum Gasteiger partial charge on any atom is 0.244 e. The van der Waals surface area contributed by atoms with Crippen molar-refractivity contribution >= 4 is 11.7 Å². The molecule has 0 spiro atoms. The minimum Gasteiger partial charge on any atom is -0.386 e. The second kappa shape index (κ2) is 8.21. The van der Waals surface area contributed by atoms with Crippen molar-refractivity contribution in [1.29, 1.82) is 0 Å². The molecule has 2 unspecified atom stereocenters. The minimum atomic E-state index is -1.11. The molecule has 5 heteroatoms. The summed E-state index contributed by atoms with van der Waals surface area (Å²) in [5, 5.41) is 9.32. The summed E-state index contributed by atoms with van der Waals surface area (Å²) in [7, 11) is 0. The van der Waals surface area contributed by atoms with Crippen molar-refractivity contribution in [3.8, 4) is 0 Å². The van der Waals surface area contributed by atoms with Gasteiger partial charge in [0.15, 0.2) is 5.78 Å². The van der Waals surface area contributed by atoms with Crippen LogP contribution in [0.5, 0.6) is 0 Å². The van der Waals surface area contributed by atoms with Crippen LogP contribution in [0.3, 0.4) is 0 Å². The fourth-order valence-corrected chi connectivity index (χ4v) is 1.54. The molecule has 2 atom stereocenters. The highest BCUT2D eigenvalue weighted by molar-refractivity contribution is 6.02. The lowest BCUT2D eigenvalue weighted by Crippen LogP contribution is -2.46. The van der Waals surface area contributed by atoms with Gasteiger partial charge in [-0.1, -0.05) is 27.7 Å². The van der Waals surface area contributed by atoms with E-state index in [2.05, 4.69) is 10.9 Å². The van der Waals surface area contributed by atoms with Crippen LogP contribution in [-0.2, 0) is 9.59 Å². The molecule has 0 saturated carbocycles. The molecule has 0 saturated heterocycles. The van der Waals surface area contributed by atoms with Gasteiger partial charge in [-0.05, 0) is 25.2 Å². The molecule has 0 fully saturated rings. The molecule has 18 heavy (non-hydrogen) atoms. The number of aliphatic hydroxyl groups is 1. The van der Waals surface area contributed by atoms with Crippen LogP contribution in [0.4, 0.5) is 0 Å². The third kappa shape index (κ3) is 6.71. The highest BCUT2D eigenvalue weighted by Crippen LogP contribution is 2.14. The summed E-state index contributed by atoms with van der Waals surface area (Å²) >= 11 is 0. The zero-order valence-corrected chi connectivity index (χ0v) is 12.0. The first-order valence-corrected chi connectivity index (χ1v) is 6.50. The van der Waals surface area contributed by atoms with Crippen molar-refractivity contribution in [2.45, 2.75) is 47.1 Å². The average Bonchev–Trinajstić information content (AvgIpc) is 2.23. The Morgan fingerprint density at radius 2 is 1.61 bits per heavy atom. The van der Waals surface area contributed by atoms with Gasteiger partial charge in [0.2, 0.25) is 5.91 Å². The first kappa shape index (κ1) is 17.1. The Hall–Kier alpha value is -0.940. The zero-order valence-electron chi connectivity index (χ0n) is 12.0. The topological polar surface area (TPSA) is 78.4 Å². The molecule has 3 N–H and O–H groups in total. The van der Waals surface area contributed by atoms with Gasteiger partial charge in [0.05, 0.1) is 0 Å². The molecule has 1 amide bonds. The Kier molecular flexibility index (Phi) is 7.78. The van der Waals surface area contributed by atoms with Crippen LogP contribution in [0.1, 0.15) is 41.0 Å². The molecule has 0 aromatic carbocycles. The highest BCUT2D eigenvalue weighted by atomic mass is 16.3. The number of nitrogens with one attached hydrogen (secondary N) is 2. The van der Waals surface area contributed by atoms with Crippen LogP contribution >= 0.6 is 0 Å². The quantitative estimate of drug-likeness (QED) is 0.446. The van der Waals surface area contributed by atoms with E-state index in [1.165, 1.54) is 6.92 Å². The number of Topliss-reactive ketones (excluding diaryl/α,β-unsaturated/α-hetero) is 1. The zero-order chi connectivity index (χ0) is 14.3. The first-order valence-electron chi connectivity index (χ1n) is 6.50. The summed E-state index contributed by atoms with van der Waals surface area (Å²) in [5.41, 5.74) is 5.33. The molecular weight excluding hydrogens is 232 g/mol. The van der Waals surface area contributed by atoms with Gasteiger partial charge in [0, 0.05) is 6.54 Å². The molecule has 0 aliphatic carbocycles. The summed E-state index contributed by atoms with van der Waals surface area (Å²) in [4.78, 5) is 23.7. The van der Waals surface area contributed by atoms with E-state index in [0.29, 0.717) is 18.9 Å². The van der Waals surface area contributed by atoms with Gasteiger partial charge >= 0.3 is 0 Å². The second-order valence-corrected chi connectivity index (χ2v) is 5.52. The van der Waals surface area contributed by atoms with Crippen LogP contribution in [-0.4, -0.2) is 29.4 Å². The molecule has 106 valence electrons. The van der Waals surface area contributed by atoms with Crippen molar-refractivity contribution in [3.05, 3.63) is 0 Å². The van der Waals surface area contributed by atoms with Crippen LogP contribution in [0, 0.1) is 17.8 Å². The van der Waals surface area contributed by atoms with E-state index in [-0.39, 0.29) is 11.8 Å². The van der Waals surface area contributed by atoms with Gasteiger partial charge in [0.25, 0.3) is 0 Å². The smallest absolute Gasteiger partial charge is 0.244 e. The minimum absolute atomic E-state index is 0.216. The SMILES string of the molecule is CC(C)CNNC(=O)C(CC(C)C)C(=O)C(C)O. The predicted molar refractivity (Wildman–Crippen MR) is 70.6 cm³/mol. The van der Waals surface area contributed by atoms with Crippen molar-refractivity contribution in [2.24, 2.45) is 17.8 Å². The van der Waals surface area contributed by atoms with Gasteiger partial charge in [-0.2, -0.15) is 0 Å². The van der Waals surface area contributed by atoms with E-state index < -0.39 is 17.8 Å². The monoisotopic (exact) mass is 258 g/mol. The molecular formula is C13H26N2O3. The second-order valence-electron chi connectivity index (χ2n) is 5.52. The number of hydrogen-bond donors (Lipinski definition) is 3. The van der Waals surface area contributed by atoms with Gasteiger partial charge in [-0.15, -0.1) is 0 Å². The fraction of sp³-hybridized carbons (Fsp3) is 0.846. The molecule has 0 aromatic rings. The molecule has 0 rings (SSSR count). The Balaban J connectivity index is 4.46. The van der Waals surface area contributed by atoms with Crippen molar-refractivity contribution < 1.29 is 14.7 Å². The Morgan fingerprint density at radius 3 is 2.00 bits per heavy atom. The van der Waals surface area contributed by atoms with E-state index in [1.54, 1.807) is 0 Å². The summed E-state index contributed by atoms with van der Waals surface area (Å²) in [5.74, 6) is -0.956. The maximum atomic E-state index is 11.9. The Morgan fingerprint density at radius 1 is 1.06 bits per heavy atom. The Labute approximate surface area is 109 Å².